The molecule has 0 bridgehead atoms. The Morgan fingerprint density at radius 2 is 2.05 bits per heavy atom. The Morgan fingerprint density at radius 1 is 1.23 bits per heavy atom. The lowest BCUT2D eigenvalue weighted by Crippen LogP contribution is -2.52. The maximum atomic E-state index is 12.5. The number of rotatable bonds is 2. The first-order chi connectivity index (χ1) is 10.7. The molecule has 0 N–H and O–H groups in total. The standard InChI is InChI=1S/C15H22N4O3/c1-12-4-5-14(17-16-12)22-13-3-2-6-19(11-13)15(20)18-7-9-21-10-8-18/h4-5,13H,2-3,6-11H2,1H3/t13-/m0/s1. The molecule has 0 aliphatic carbocycles. The predicted molar refractivity (Wildman–Crippen MR) is 79.8 cm³/mol. The van der Waals surface area contributed by atoms with Gasteiger partial charge >= 0.3 is 6.03 Å². The van der Waals surface area contributed by atoms with E-state index in [0.717, 1.165) is 25.1 Å². The lowest BCUT2D eigenvalue weighted by atomic mass is 10.1. The Hall–Kier alpha value is -1.89. The van der Waals surface area contributed by atoms with E-state index in [2.05, 4.69) is 10.2 Å². The molecule has 0 aromatic carbocycles. The van der Waals surface area contributed by atoms with Crippen molar-refractivity contribution in [2.45, 2.75) is 25.9 Å². The number of aromatic nitrogens is 2. The summed E-state index contributed by atoms with van der Waals surface area (Å²) in [5, 5.41) is 8.02. The zero-order valence-corrected chi connectivity index (χ0v) is 12.9. The van der Waals surface area contributed by atoms with Gasteiger partial charge in [0, 0.05) is 25.7 Å². The lowest BCUT2D eigenvalue weighted by molar-refractivity contribution is 0.0324. The van der Waals surface area contributed by atoms with Gasteiger partial charge in [0.05, 0.1) is 25.5 Å². The molecule has 1 aromatic heterocycles. The van der Waals surface area contributed by atoms with Crippen LogP contribution in [0.4, 0.5) is 4.79 Å². The summed E-state index contributed by atoms with van der Waals surface area (Å²) >= 11 is 0. The van der Waals surface area contributed by atoms with Crippen molar-refractivity contribution in [1.29, 1.82) is 0 Å². The highest BCUT2D eigenvalue weighted by Crippen LogP contribution is 2.18. The predicted octanol–water partition coefficient (Wildman–Crippen LogP) is 1.08. The van der Waals surface area contributed by atoms with Gasteiger partial charge in [-0.3, -0.25) is 0 Å². The second-order valence-electron chi connectivity index (χ2n) is 5.72. The van der Waals surface area contributed by atoms with E-state index in [1.165, 1.54) is 0 Å². The maximum Gasteiger partial charge on any atom is 0.320 e. The van der Waals surface area contributed by atoms with Crippen LogP contribution in [0, 0.1) is 6.92 Å². The van der Waals surface area contributed by atoms with Gasteiger partial charge in [-0.1, -0.05) is 0 Å². The minimum Gasteiger partial charge on any atom is -0.471 e. The van der Waals surface area contributed by atoms with E-state index in [0.29, 0.717) is 38.7 Å². The fraction of sp³-hybridized carbons (Fsp3) is 0.667. The van der Waals surface area contributed by atoms with E-state index < -0.39 is 0 Å². The molecule has 0 spiro atoms. The molecule has 120 valence electrons. The van der Waals surface area contributed by atoms with E-state index in [-0.39, 0.29) is 12.1 Å². The molecule has 0 saturated carbocycles. The first-order valence-corrected chi connectivity index (χ1v) is 7.81. The summed E-state index contributed by atoms with van der Waals surface area (Å²) in [7, 11) is 0. The second-order valence-corrected chi connectivity index (χ2v) is 5.72. The number of aryl methyl sites for hydroxylation is 1. The lowest BCUT2D eigenvalue weighted by Gasteiger charge is -2.37. The van der Waals surface area contributed by atoms with E-state index in [9.17, 15) is 4.79 Å². The molecule has 7 nitrogen and oxygen atoms in total. The number of urea groups is 1. The van der Waals surface area contributed by atoms with Crippen molar-refractivity contribution in [2.24, 2.45) is 0 Å². The number of ether oxygens (including phenoxy) is 2. The number of piperidine rings is 1. The number of nitrogens with zero attached hydrogens (tertiary/aromatic N) is 4. The maximum absolute atomic E-state index is 12.5. The molecule has 1 atom stereocenters. The van der Waals surface area contributed by atoms with Crippen molar-refractivity contribution in [3.63, 3.8) is 0 Å². The van der Waals surface area contributed by atoms with E-state index in [1.807, 2.05) is 28.9 Å². The summed E-state index contributed by atoms with van der Waals surface area (Å²) in [5.41, 5.74) is 0.861. The molecule has 2 fully saturated rings. The number of hydrogen-bond acceptors (Lipinski definition) is 5. The Bertz CT molecular complexity index is 502. The molecule has 0 unspecified atom stereocenters. The summed E-state index contributed by atoms with van der Waals surface area (Å²) in [6, 6.07) is 3.79. The summed E-state index contributed by atoms with van der Waals surface area (Å²) in [4.78, 5) is 16.2. The Kier molecular flexibility index (Phi) is 4.72. The molecule has 2 saturated heterocycles. The van der Waals surface area contributed by atoms with Crippen LogP contribution in [-0.4, -0.2) is 71.5 Å². The number of likely N-dealkylation sites (tertiary alicyclic amines) is 1. The van der Waals surface area contributed by atoms with Gasteiger partial charge in [0.15, 0.2) is 0 Å². The van der Waals surface area contributed by atoms with Crippen LogP contribution < -0.4 is 4.74 Å². The summed E-state index contributed by atoms with van der Waals surface area (Å²) < 4.78 is 11.2. The molecule has 2 aliphatic heterocycles. The largest absolute Gasteiger partial charge is 0.471 e. The monoisotopic (exact) mass is 306 g/mol. The highest BCUT2D eigenvalue weighted by Gasteiger charge is 2.29. The Labute approximate surface area is 130 Å². The topological polar surface area (TPSA) is 67.8 Å². The molecule has 7 heteroatoms. The molecule has 22 heavy (non-hydrogen) atoms. The van der Waals surface area contributed by atoms with Gasteiger partial charge in [-0.2, -0.15) is 5.10 Å². The van der Waals surface area contributed by atoms with Crippen LogP contribution >= 0.6 is 0 Å². The number of carbonyl (C=O) groups excluding carboxylic acids is 1. The third kappa shape index (κ3) is 3.65. The zero-order chi connectivity index (χ0) is 15.4. The van der Waals surface area contributed by atoms with Gasteiger partial charge < -0.3 is 19.3 Å². The van der Waals surface area contributed by atoms with Gasteiger partial charge in [-0.25, -0.2) is 4.79 Å². The molecule has 0 radical (unpaired) electrons. The molecule has 3 heterocycles. The highest BCUT2D eigenvalue weighted by atomic mass is 16.5. The molecule has 2 amide bonds. The quantitative estimate of drug-likeness (QED) is 0.818. The Balaban J connectivity index is 1.56. The van der Waals surface area contributed by atoms with E-state index in [1.54, 1.807) is 0 Å². The second kappa shape index (κ2) is 6.91. The Morgan fingerprint density at radius 3 is 2.77 bits per heavy atom. The van der Waals surface area contributed by atoms with Gasteiger partial charge in [0.1, 0.15) is 6.10 Å². The van der Waals surface area contributed by atoms with Crippen molar-refractivity contribution in [3.8, 4) is 5.88 Å². The van der Waals surface area contributed by atoms with Crippen molar-refractivity contribution in [3.05, 3.63) is 17.8 Å². The van der Waals surface area contributed by atoms with Gasteiger partial charge in [-0.15, -0.1) is 5.10 Å². The van der Waals surface area contributed by atoms with Crippen molar-refractivity contribution >= 4 is 6.03 Å². The van der Waals surface area contributed by atoms with E-state index >= 15 is 0 Å². The number of carbonyl (C=O) groups is 1. The van der Waals surface area contributed by atoms with Gasteiger partial charge in [-0.05, 0) is 25.8 Å². The van der Waals surface area contributed by atoms with Gasteiger partial charge in [0.2, 0.25) is 5.88 Å². The molecule has 3 rings (SSSR count). The third-order valence-corrected chi connectivity index (χ3v) is 3.99. The molecular weight excluding hydrogens is 284 g/mol. The smallest absolute Gasteiger partial charge is 0.320 e. The summed E-state index contributed by atoms with van der Waals surface area (Å²) in [6.07, 6.45) is 1.86. The molecule has 1 aromatic rings. The fourth-order valence-electron chi connectivity index (χ4n) is 2.78. The minimum atomic E-state index is -0.0178. The minimum absolute atomic E-state index is 0.0178. The van der Waals surface area contributed by atoms with Gasteiger partial charge in [0.25, 0.3) is 0 Å². The average molecular weight is 306 g/mol. The van der Waals surface area contributed by atoms with E-state index in [4.69, 9.17) is 9.47 Å². The fourth-order valence-corrected chi connectivity index (χ4v) is 2.78. The van der Waals surface area contributed by atoms with Crippen LogP contribution in [-0.2, 0) is 4.74 Å². The third-order valence-electron chi connectivity index (χ3n) is 3.99. The SMILES string of the molecule is Cc1ccc(O[C@H]2CCCN(C(=O)N3CCOCC3)C2)nn1. The van der Waals surface area contributed by atoms with Crippen molar-refractivity contribution in [2.75, 3.05) is 39.4 Å². The van der Waals surface area contributed by atoms with Crippen LogP contribution in [0.3, 0.4) is 0 Å². The van der Waals surface area contributed by atoms with Crippen LogP contribution in [0.5, 0.6) is 5.88 Å². The summed E-state index contributed by atoms with van der Waals surface area (Å²) in [6.45, 7) is 5.87. The van der Waals surface area contributed by atoms with Crippen LogP contribution in [0.25, 0.3) is 0 Å². The van der Waals surface area contributed by atoms with Crippen LogP contribution in [0.1, 0.15) is 18.5 Å². The first kappa shape index (κ1) is 15.0. The number of hydrogen-bond donors (Lipinski definition) is 0. The number of amides is 2. The zero-order valence-electron chi connectivity index (χ0n) is 12.9. The molecule has 2 aliphatic rings. The highest BCUT2D eigenvalue weighted by molar-refractivity contribution is 5.74. The van der Waals surface area contributed by atoms with Crippen molar-refractivity contribution in [1.82, 2.24) is 20.0 Å². The van der Waals surface area contributed by atoms with Crippen LogP contribution in [0.2, 0.25) is 0 Å². The normalized spacial score (nSPS) is 22.5. The first-order valence-electron chi connectivity index (χ1n) is 7.81. The van der Waals surface area contributed by atoms with Crippen molar-refractivity contribution < 1.29 is 14.3 Å². The van der Waals surface area contributed by atoms with Crippen LogP contribution in [0.15, 0.2) is 12.1 Å². The average Bonchev–Trinajstić information content (AvgIpc) is 2.57. The number of morpholine rings is 1. The molecular formula is C15H22N4O3. The summed E-state index contributed by atoms with van der Waals surface area (Å²) in [5.74, 6) is 0.524.